The molecule has 0 bridgehead atoms. The number of nitrogens with zero attached hydrogens (tertiary/aromatic N) is 2. The summed E-state index contributed by atoms with van der Waals surface area (Å²) in [6, 6.07) is 16.7. The quantitative estimate of drug-likeness (QED) is 0.602. The molecule has 2 aromatic rings. The lowest BCUT2D eigenvalue weighted by atomic mass is 10.1. The summed E-state index contributed by atoms with van der Waals surface area (Å²) in [4.78, 5) is 15.1. The van der Waals surface area contributed by atoms with Crippen molar-refractivity contribution >= 4 is 15.8 Å². The van der Waals surface area contributed by atoms with Gasteiger partial charge in [0.05, 0.1) is 11.4 Å². The first kappa shape index (κ1) is 23.6. The van der Waals surface area contributed by atoms with E-state index in [1.807, 2.05) is 32.3 Å². The molecule has 1 fully saturated rings. The fraction of sp³-hybridized carbons (Fsp3) is 0.458. The first-order valence-corrected chi connectivity index (χ1v) is 12.4. The van der Waals surface area contributed by atoms with Crippen LogP contribution in [0.4, 0.5) is 0 Å². The van der Waals surface area contributed by atoms with Crippen molar-refractivity contribution in [1.29, 1.82) is 0 Å². The average molecular weight is 444 g/mol. The molecule has 3 rings (SSSR count). The minimum absolute atomic E-state index is 0.113. The number of Topliss-reactive ketones (excluding diaryl/α,β-unsaturated/α-hetero) is 1. The SMILES string of the molecule is CN(C)C(CNCC(=O)c1cccc(S(=O)(=O)N2CCCCCC2)c1)c1ccccc1. The predicted molar refractivity (Wildman–Crippen MR) is 124 cm³/mol. The number of benzene rings is 2. The van der Waals surface area contributed by atoms with Crippen LogP contribution in [0.15, 0.2) is 59.5 Å². The van der Waals surface area contributed by atoms with Crippen LogP contribution in [0.25, 0.3) is 0 Å². The number of nitrogens with one attached hydrogen (secondary N) is 1. The Kier molecular flexibility index (Phi) is 8.37. The fourth-order valence-electron chi connectivity index (χ4n) is 3.96. The standard InChI is InChI=1S/C24H33N3O3S/c1-26(2)23(20-11-6-5-7-12-20)18-25-19-24(28)21-13-10-14-22(17-21)31(29,30)27-15-8-3-4-9-16-27/h5-7,10-14,17,23,25H,3-4,8-9,15-16,18-19H2,1-2H3. The minimum Gasteiger partial charge on any atom is -0.308 e. The number of hydrogen-bond donors (Lipinski definition) is 1. The Morgan fingerprint density at radius 2 is 1.68 bits per heavy atom. The van der Waals surface area contributed by atoms with E-state index in [0.29, 0.717) is 25.2 Å². The Bertz CT molecular complexity index is 953. The molecule has 0 aromatic heterocycles. The highest BCUT2D eigenvalue weighted by Gasteiger charge is 2.25. The van der Waals surface area contributed by atoms with Gasteiger partial charge in [0.2, 0.25) is 10.0 Å². The van der Waals surface area contributed by atoms with Crippen LogP contribution < -0.4 is 5.32 Å². The summed E-state index contributed by atoms with van der Waals surface area (Å²) in [5, 5.41) is 3.24. The predicted octanol–water partition coefficient (Wildman–Crippen LogP) is 3.33. The Labute approximate surface area is 186 Å². The number of sulfonamides is 1. The maximum atomic E-state index is 13.0. The summed E-state index contributed by atoms with van der Waals surface area (Å²) in [5.41, 5.74) is 1.60. The largest absolute Gasteiger partial charge is 0.308 e. The normalized spacial score (nSPS) is 16.7. The average Bonchev–Trinajstić information content (AvgIpc) is 3.07. The molecular formula is C24H33N3O3S. The van der Waals surface area contributed by atoms with E-state index in [9.17, 15) is 13.2 Å². The molecule has 1 atom stereocenters. The molecule has 1 saturated heterocycles. The molecule has 7 heteroatoms. The van der Waals surface area contributed by atoms with Gasteiger partial charge in [-0.15, -0.1) is 0 Å². The summed E-state index contributed by atoms with van der Waals surface area (Å²) in [5.74, 6) is -0.113. The molecule has 1 aliphatic rings. The lowest BCUT2D eigenvalue weighted by Crippen LogP contribution is -2.34. The van der Waals surface area contributed by atoms with Crippen molar-refractivity contribution in [3.8, 4) is 0 Å². The first-order valence-electron chi connectivity index (χ1n) is 10.9. The number of ketones is 1. The molecular weight excluding hydrogens is 410 g/mol. The van der Waals surface area contributed by atoms with Crippen LogP contribution in [0.3, 0.4) is 0 Å². The summed E-state index contributed by atoms with van der Waals surface area (Å²) < 4.78 is 27.6. The van der Waals surface area contributed by atoms with Crippen molar-refractivity contribution in [2.45, 2.75) is 36.6 Å². The summed E-state index contributed by atoms with van der Waals surface area (Å²) in [7, 11) is 0.456. The van der Waals surface area contributed by atoms with Crippen LogP contribution in [-0.2, 0) is 10.0 Å². The van der Waals surface area contributed by atoms with Crippen LogP contribution in [0, 0.1) is 0 Å². The molecule has 0 aliphatic carbocycles. The number of hydrogen-bond acceptors (Lipinski definition) is 5. The number of carbonyl (C=O) groups excluding carboxylic acids is 1. The van der Waals surface area contributed by atoms with Gasteiger partial charge in [-0.05, 0) is 44.6 Å². The van der Waals surface area contributed by atoms with Gasteiger partial charge in [-0.2, -0.15) is 4.31 Å². The van der Waals surface area contributed by atoms with E-state index in [-0.39, 0.29) is 23.3 Å². The Morgan fingerprint density at radius 3 is 2.32 bits per heavy atom. The molecule has 6 nitrogen and oxygen atoms in total. The maximum Gasteiger partial charge on any atom is 0.243 e. The molecule has 1 aliphatic heterocycles. The molecule has 31 heavy (non-hydrogen) atoms. The van der Waals surface area contributed by atoms with E-state index in [1.54, 1.807) is 22.5 Å². The van der Waals surface area contributed by atoms with Crippen LogP contribution >= 0.6 is 0 Å². The summed E-state index contributed by atoms with van der Waals surface area (Å²) in [6.45, 7) is 1.87. The third-order valence-electron chi connectivity index (χ3n) is 5.79. The third-order valence-corrected chi connectivity index (χ3v) is 7.68. The van der Waals surface area contributed by atoms with E-state index in [1.165, 1.54) is 11.6 Å². The van der Waals surface area contributed by atoms with E-state index >= 15 is 0 Å². The molecule has 0 saturated carbocycles. The minimum atomic E-state index is -3.57. The van der Waals surface area contributed by atoms with Gasteiger partial charge in [-0.3, -0.25) is 4.79 Å². The topological polar surface area (TPSA) is 69.7 Å². The van der Waals surface area contributed by atoms with Crippen LogP contribution in [0.2, 0.25) is 0 Å². The molecule has 168 valence electrons. The Morgan fingerprint density at radius 1 is 1.00 bits per heavy atom. The highest BCUT2D eigenvalue weighted by molar-refractivity contribution is 7.89. The van der Waals surface area contributed by atoms with Crippen molar-refractivity contribution in [1.82, 2.24) is 14.5 Å². The molecule has 0 amide bonds. The summed E-state index contributed by atoms with van der Waals surface area (Å²) in [6.07, 6.45) is 3.90. The van der Waals surface area contributed by atoms with Crippen molar-refractivity contribution in [2.75, 3.05) is 40.3 Å². The van der Waals surface area contributed by atoms with Crippen molar-refractivity contribution < 1.29 is 13.2 Å². The number of carbonyl (C=O) groups is 1. The molecule has 1 unspecified atom stereocenters. The monoisotopic (exact) mass is 443 g/mol. The van der Waals surface area contributed by atoms with Gasteiger partial charge >= 0.3 is 0 Å². The second-order valence-corrected chi connectivity index (χ2v) is 10.2. The Balaban J connectivity index is 1.64. The van der Waals surface area contributed by atoms with E-state index in [0.717, 1.165) is 25.7 Å². The third kappa shape index (κ3) is 6.23. The Hall–Kier alpha value is -2.06. The first-order chi connectivity index (χ1) is 14.9. The van der Waals surface area contributed by atoms with E-state index < -0.39 is 10.0 Å². The van der Waals surface area contributed by atoms with Crippen molar-refractivity contribution in [2.24, 2.45) is 0 Å². The lowest BCUT2D eigenvalue weighted by molar-refractivity contribution is 0.0988. The maximum absolute atomic E-state index is 13.0. The van der Waals surface area contributed by atoms with E-state index in [2.05, 4.69) is 22.3 Å². The fourth-order valence-corrected chi connectivity index (χ4v) is 5.52. The highest BCUT2D eigenvalue weighted by atomic mass is 32.2. The van der Waals surface area contributed by atoms with Gasteiger partial charge < -0.3 is 10.2 Å². The zero-order valence-electron chi connectivity index (χ0n) is 18.5. The zero-order valence-corrected chi connectivity index (χ0v) is 19.3. The van der Waals surface area contributed by atoms with Crippen LogP contribution in [0.1, 0.15) is 47.6 Å². The van der Waals surface area contributed by atoms with Crippen LogP contribution in [-0.4, -0.2) is 63.7 Å². The smallest absolute Gasteiger partial charge is 0.243 e. The molecule has 1 heterocycles. The number of rotatable bonds is 9. The molecule has 2 aromatic carbocycles. The van der Waals surface area contributed by atoms with Gasteiger partial charge in [-0.1, -0.05) is 55.3 Å². The van der Waals surface area contributed by atoms with Crippen molar-refractivity contribution in [3.05, 3.63) is 65.7 Å². The zero-order chi connectivity index (χ0) is 22.3. The lowest BCUT2D eigenvalue weighted by Gasteiger charge is -2.25. The van der Waals surface area contributed by atoms with Gasteiger partial charge in [0.15, 0.2) is 5.78 Å². The van der Waals surface area contributed by atoms with Crippen LogP contribution in [0.5, 0.6) is 0 Å². The molecule has 0 radical (unpaired) electrons. The molecule has 1 N–H and O–H groups in total. The van der Waals surface area contributed by atoms with Gasteiger partial charge in [-0.25, -0.2) is 8.42 Å². The van der Waals surface area contributed by atoms with Gasteiger partial charge in [0.25, 0.3) is 0 Å². The second-order valence-electron chi connectivity index (χ2n) is 8.29. The van der Waals surface area contributed by atoms with Crippen molar-refractivity contribution in [3.63, 3.8) is 0 Å². The van der Waals surface area contributed by atoms with E-state index in [4.69, 9.17) is 0 Å². The van der Waals surface area contributed by atoms with Gasteiger partial charge in [0, 0.05) is 31.2 Å². The number of likely N-dealkylation sites (N-methyl/N-ethyl adjacent to an activating group) is 1. The van der Waals surface area contributed by atoms with Gasteiger partial charge in [0.1, 0.15) is 0 Å². The highest BCUT2D eigenvalue weighted by Crippen LogP contribution is 2.21. The second kappa shape index (κ2) is 11.0. The molecule has 0 spiro atoms. The summed E-state index contributed by atoms with van der Waals surface area (Å²) >= 11 is 0.